The van der Waals surface area contributed by atoms with Crippen LogP contribution in [0, 0.1) is 17.5 Å². The van der Waals surface area contributed by atoms with E-state index in [-0.39, 0.29) is 10.5 Å². The van der Waals surface area contributed by atoms with Gasteiger partial charge in [0.25, 0.3) is 0 Å². The van der Waals surface area contributed by atoms with Crippen molar-refractivity contribution in [2.24, 2.45) is 0 Å². The van der Waals surface area contributed by atoms with Gasteiger partial charge in [-0.25, -0.2) is 13.2 Å². The summed E-state index contributed by atoms with van der Waals surface area (Å²) in [6, 6.07) is 7.08. The maximum absolute atomic E-state index is 13.8. The van der Waals surface area contributed by atoms with E-state index in [0.29, 0.717) is 17.5 Å². The fraction of sp³-hybridized carbons (Fsp3) is 0.0769. The van der Waals surface area contributed by atoms with Gasteiger partial charge in [-0.3, -0.25) is 0 Å². The van der Waals surface area contributed by atoms with Gasteiger partial charge in [-0.05, 0) is 23.1 Å². The second kappa shape index (κ2) is 3.53. The zero-order chi connectivity index (χ0) is 12.2. The second-order valence-electron chi connectivity index (χ2n) is 3.98. The lowest BCUT2D eigenvalue weighted by atomic mass is 10.0. The molecular formula is C13H7F3S. The Morgan fingerprint density at radius 3 is 2.41 bits per heavy atom. The Labute approximate surface area is 101 Å². The minimum absolute atomic E-state index is 0.102. The molecule has 1 aliphatic rings. The molecule has 0 amide bonds. The highest BCUT2D eigenvalue weighted by Gasteiger charge is 2.29. The molecule has 0 aliphatic heterocycles. The van der Waals surface area contributed by atoms with Crippen LogP contribution in [0.25, 0.3) is 11.1 Å². The molecule has 0 heterocycles. The van der Waals surface area contributed by atoms with Gasteiger partial charge in [-0.2, -0.15) is 0 Å². The van der Waals surface area contributed by atoms with Crippen LogP contribution in [0.4, 0.5) is 13.2 Å². The number of benzene rings is 2. The van der Waals surface area contributed by atoms with Crippen LogP contribution in [0.1, 0.15) is 11.1 Å². The van der Waals surface area contributed by atoms with Crippen molar-refractivity contribution in [2.45, 2.75) is 11.3 Å². The van der Waals surface area contributed by atoms with Gasteiger partial charge in [0.2, 0.25) is 0 Å². The average Bonchev–Trinajstić information content (AvgIpc) is 2.73. The molecule has 1 aliphatic carbocycles. The predicted octanol–water partition coefficient (Wildman–Crippen LogP) is 3.96. The third-order valence-corrected chi connectivity index (χ3v) is 3.52. The van der Waals surface area contributed by atoms with Gasteiger partial charge in [-0.15, -0.1) is 12.6 Å². The molecule has 3 rings (SSSR count). The molecule has 17 heavy (non-hydrogen) atoms. The summed E-state index contributed by atoms with van der Waals surface area (Å²) in [5.74, 6) is -3.79. The van der Waals surface area contributed by atoms with Gasteiger partial charge in [-0.1, -0.05) is 24.3 Å². The summed E-state index contributed by atoms with van der Waals surface area (Å²) in [6.45, 7) is 0. The van der Waals surface area contributed by atoms with Crippen LogP contribution in [-0.4, -0.2) is 0 Å². The Balaban J connectivity index is 2.41. The SMILES string of the molecule is Fc1c(F)c(S)c2c(c1F)-c1ccccc1C2. The predicted molar refractivity (Wildman–Crippen MR) is 61.8 cm³/mol. The molecular weight excluding hydrogens is 245 g/mol. The van der Waals surface area contributed by atoms with E-state index < -0.39 is 17.5 Å². The Hall–Kier alpha value is -1.42. The van der Waals surface area contributed by atoms with Crippen molar-refractivity contribution < 1.29 is 13.2 Å². The van der Waals surface area contributed by atoms with Gasteiger partial charge >= 0.3 is 0 Å². The van der Waals surface area contributed by atoms with Crippen LogP contribution < -0.4 is 0 Å². The minimum Gasteiger partial charge on any atom is -0.203 e. The standard InChI is InChI=1S/C13H7F3S/c14-10-9-7-4-2-1-3-6(7)5-8(9)13(17)12(16)11(10)15/h1-4,17H,5H2. The highest BCUT2D eigenvalue weighted by atomic mass is 32.1. The lowest BCUT2D eigenvalue weighted by molar-refractivity contribution is 0.436. The summed E-state index contributed by atoms with van der Waals surface area (Å²) in [5.41, 5.74) is 2.05. The summed E-state index contributed by atoms with van der Waals surface area (Å²) in [6.07, 6.45) is 0.387. The van der Waals surface area contributed by atoms with Crippen molar-refractivity contribution in [3.05, 3.63) is 52.8 Å². The quantitative estimate of drug-likeness (QED) is 0.454. The Morgan fingerprint density at radius 2 is 1.65 bits per heavy atom. The largest absolute Gasteiger partial charge is 0.203 e. The first-order valence-corrected chi connectivity index (χ1v) is 5.52. The van der Waals surface area contributed by atoms with Crippen LogP contribution in [0.15, 0.2) is 29.2 Å². The Bertz CT molecular complexity index is 635. The molecule has 0 saturated carbocycles. The number of hydrogen-bond donors (Lipinski definition) is 1. The maximum Gasteiger partial charge on any atom is 0.196 e. The topological polar surface area (TPSA) is 0 Å². The molecule has 0 spiro atoms. The third-order valence-electron chi connectivity index (χ3n) is 3.05. The van der Waals surface area contributed by atoms with E-state index in [1.807, 2.05) is 12.1 Å². The van der Waals surface area contributed by atoms with Crippen LogP contribution in [-0.2, 0) is 6.42 Å². The van der Waals surface area contributed by atoms with E-state index in [0.717, 1.165) is 5.56 Å². The number of rotatable bonds is 0. The van der Waals surface area contributed by atoms with Gasteiger partial charge in [0, 0.05) is 10.5 Å². The zero-order valence-electron chi connectivity index (χ0n) is 8.60. The van der Waals surface area contributed by atoms with Gasteiger partial charge < -0.3 is 0 Å². The number of thiol groups is 1. The number of hydrogen-bond acceptors (Lipinski definition) is 1. The molecule has 0 fully saturated rings. The summed E-state index contributed by atoms with van der Waals surface area (Å²) in [7, 11) is 0. The molecule has 0 radical (unpaired) electrons. The summed E-state index contributed by atoms with van der Waals surface area (Å²) in [5, 5.41) is 0. The van der Waals surface area contributed by atoms with E-state index in [1.165, 1.54) is 0 Å². The van der Waals surface area contributed by atoms with E-state index in [4.69, 9.17) is 0 Å². The lowest BCUT2D eigenvalue weighted by Crippen LogP contribution is -1.98. The molecule has 0 unspecified atom stereocenters. The molecule has 0 aromatic heterocycles. The molecule has 2 aromatic rings. The van der Waals surface area contributed by atoms with Crippen molar-refractivity contribution in [1.82, 2.24) is 0 Å². The van der Waals surface area contributed by atoms with E-state index in [1.54, 1.807) is 12.1 Å². The van der Waals surface area contributed by atoms with Crippen molar-refractivity contribution in [2.75, 3.05) is 0 Å². The number of halogens is 3. The van der Waals surface area contributed by atoms with E-state index >= 15 is 0 Å². The first kappa shape index (κ1) is 10.7. The van der Waals surface area contributed by atoms with Crippen molar-refractivity contribution in [3.63, 3.8) is 0 Å². The summed E-state index contributed by atoms with van der Waals surface area (Å²) >= 11 is 3.94. The van der Waals surface area contributed by atoms with Crippen molar-refractivity contribution in [1.29, 1.82) is 0 Å². The fourth-order valence-corrected chi connectivity index (χ4v) is 2.54. The summed E-state index contributed by atoms with van der Waals surface area (Å²) in [4.78, 5) is -0.102. The highest BCUT2D eigenvalue weighted by Crippen LogP contribution is 2.43. The Morgan fingerprint density at radius 1 is 0.941 bits per heavy atom. The first-order chi connectivity index (χ1) is 8.11. The first-order valence-electron chi connectivity index (χ1n) is 5.08. The molecule has 0 atom stereocenters. The third kappa shape index (κ3) is 1.33. The molecule has 0 saturated heterocycles. The minimum atomic E-state index is -1.45. The van der Waals surface area contributed by atoms with Gasteiger partial charge in [0.15, 0.2) is 17.5 Å². The molecule has 0 N–H and O–H groups in total. The molecule has 0 bridgehead atoms. The van der Waals surface area contributed by atoms with E-state index in [9.17, 15) is 13.2 Å². The van der Waals surface area contributed by atoms with Crippen LogP contribution in [0.2, 0.25) is 0 Å². The normalized spacial score (nSPS) is 12.5. The van der Waals surface area contributed by atoms with Gasteiger partial charge in [0.05, 0.1) is 0 Å². The average molecular weight is 252 g/mol. The van der Waals surface area contributed by atoms with Crippen molar-refractivity contribution >= 4 is 12.6 Å². The monoisotopic (exact) mass is 252 g/mol. The fourth-order valence-electron chi connectivity index (χ4n) is 2.26. The number of fused-ring (bicyclic) bond motifs is 3. The van der Waals surface area contributed by atoms with Crippen molar-refractivity contribution in [3.8, 4) is 11.1 Å². The summed E-state index contributed by atoms with van der Waals surface area (Å²) < 4.78 is 40.5. The smallest absolute Gasteiger partial charge is 0.196 e. The van der Waals surface area contributed by atoms with E-state index in [2.05, 4.69) is 12.6 Å². The lowest BCUT2D eigenvalue weighted by Gasteiger charge is -2.08. The second-order valence-corrected chi connectivity index (χ2v) is 4.43. The van der Waals surface area contributed by atoms with Gasteiger partial charge in [0.1, 0.15) is 0 Å². The van der Waals surface area contributed by atoms with Crippen LogP contribution >= 0.6 is 12.6 Å². The van der Waals surface area contributed by atoms with Crippen LogP contribution in [0.5, 0.6) is 0 Å². The highest BCUT2D eigenvalue weighted by molar-refractivity contribution is 7.80. The Kier molecular flexibility index (Phi) is 2.23. The maximum atomic E-state index is 13.8. The van der Waals surface area contributed by atoms with Crippen LogP contribution in [0.3, 0.4) is 0 Å². The molecule has 4 heteroatoms. The molecule has 2 aromatic carbocycles. The zero-order valence-corrected chi connectivity index (χ0v) is 9.49. The molecule has 86 valence electrons. The molecule has 0 nitrogen and oxygen atoms in total.